The molecule has 4 heteroatoms. The van der Waals surface area contributed by atoms with Crippen molar-refractivity contribution in [3.63, 3.8) is 0 Å². The molecule has 1 aliphatic heterocycles. The fraction of sp³-hybridized carbons (Fsp3) is 0.368. The van der Waals surface area contributed by atoms with Crippen LogP contribution < -0.4 is 10.1 Å². The van der Waals surface area contributed by atoms with Gasteiger partial charge in [0.2, 0.25) is 0 Å². The molecule has 0 spiro atoms. The van der Waals surface area contributed by atoms with Crippen molar-refractivity contribution < 1.29 is 4.74 Å². The molecule has 3 rings (SSSR count). The zero-order chi connectivity index (χ0) is 15.2. The SMILES string of the molecule is Brc1ccc(OCCC2CCNCC2)c(-c2ccccc2)c1.Cl. The summed E-state index contributed by atoms with van der Waals surface area (Å²) in [6, 6.07) is 16.7. The van der Waals surface area contributed by atoms with Gasteiger partial charge in [-0.25, -0.2) is 0 Å². The Hall–Kier alpha value is -1.03. The topological polar surface area (TPSA) is 21.3 Å². The van der Waals surface area contributed by atoms with Gasteiger partial charge < -0.3 is 10.1 Å². The number of hydrogen-bond donors (Lipinski definition) is 1. The fourth-order valence-electron chi connectivity index (χ4n) is 2.98. The summed E-state index contributed by atoms with van der Waals surface area (Å²) in [5, 5.41) is 3.41. The van der Waals surface area contributed by atoms with Gasteiger partial charge in [0.25, 0.3) is 0 Å². The third kappa shape index (κ3) is 5.23. The van der Waals surface area contributed by atoms with E-state index in [4.69, 9.17) is 4.74 Å². The third-order valence-corrected chi connectivity index (χ3v) is 4.76. The lowest BCUT2D eigenvalue weighted by atomic mass is 9.95. The van der Waals surface area contributed by atoms with E-state index < -0.39 is 0 Å². The van der Waals surface area contributed by atoms with Gasteiger partial charge in [0, 0.05) is 10.0 Å². The van der Waals surface area contributed by atoms with E-state index in [-0.39, 0.29) is 12.4 Å². The highest BCUT2D eigenvalue weighted by Gasteiger charge is 2.13. The molecular formula is C19H23BrClNO. The molecule has 1 heterocycles. The second kappa shape index (κ2) is 9.31. The number of benzene rings is 2. The molecule has 2 aromatic rings. The highest BCUT2D eigenvalue weighted by molar-refractivity contribution is 9.10. The molecule has 1 saturated heterocycles. The van der Waals surface area contributed by atoms with E-state index in [0.29, 0.717) is 0 Å². The summed E-state index contributed by atoms with van der Waals surface area (Å²) in [5.41, 5.74) is 2.35. The first kappa shape index (κ1) is 18.3. The summed E-state index contributed by atoms with van der Waals surface area (Å²) < 4.78 is 7.19. The number of hydrogen-bond acceptors (Lipinski definition) is 2. The first-order chi connectivity index (χ1) is 10.8. The Morgan fingerprint density at radius 2 is 1.78 bits per heavy atom. The lowest BCUT2D eigenvalue weighted by molar-refractivity contribution is 0.252. The van der Waals surface area contributed by atoms with Crippen LogP contribution in [0.15, 0.2) is 53.0 Å². The fourth-order valence-corrected chi connectivity index (χ4v) is 3.34. The Kier molecular flexibility index (Phi) is 7.41. The summed E-state index contributed by atoms with van der Waals surface area (Å²) in [7, 11) is 0. The maximum absolute atomic E-state index is 6.11. The molecule has 2 nitrogen and oxygen atoms in total. The molecule has 23 heavy (non-hydrogen) atoms. The molecule has 0 saturated carbocycles. The van der Waals surface area contributed by atoms with Crippen molar-refractivity contribution in [2.24, 2.45) is 5.92 Å². The van der Waals surface area contributed by atoms with E-state index in [1.165, 1.54) is 18.4 Å². The first-order valence-electron chi connectivity index (χ1n) is 8.01. The average Bonchev–Trinajstić information content (AvgIpc) is 2.58. The molecule has 2 aromatic carbocycles. The Morgan fingerprint density at radius 3 is 2.52 bits per heavy atom. The largest absolute Gasteiger partial charge is 0.493 e. The van der Waals surface area contributed by atoms with E-state index in [1.807, 2.05) is 12.1 Å². The maximum atomic E-state index is 6.11. The molecule has 0 unspecified atom stereocenters. The van der Waals surface area contributed by atoms with Gasteiger partial charge in [-0.2, -0.15) is 0 Å². The Labute approximate surface area is 153 Å². The summed E-state index contributed by atoms with van der Waals surface area (Å²) in [4.78, 5) is 0. The molecule has 0 bridgehead atoms. The van der Waals surface area contributed by atoms with Crippen LogP contribution in [0.3, 0.4) is 0 Å². The van der Waals surface area contributed by atoms with Gasteiger partial charge >= 0.3 is 0 Å². The number of ether oxygens (including phenoxy) is 1. The van der Waals surface area contributed by atoms with Crippen LogP contribution in [-0.4, -0.2) is 19.7 Å². The van der Waals surface area contributed by atoms with Gasteiger partial charge in [-0.15, -0.1) is 12.4 Å². The molecule has 0 atom stereocenters. The van der Waals surface area contributed by atoms with Gasteiger partial charge in [-0.3, -0.25) is 0 Å². The minimum Gasteiger partial charge on any atom is -0.493 e. The molecule has 0 aliphatic carbocycles. The van der Waals surface area contributed by atoms with Crippen molar-refractivity contribution >= 4 is 28.3 Å². The summed E-state index contributed by atoms with van der Waals surface area (Å²) in [6.07, 6.45) is 3.69. The first-order valence-corrected chi connectivity index (χ1v) is 8.81. The zero-order valence-corrected chi connectivity index (χ0v) is 15.5. The van der Waals surface area contributed by atoms with E-state index in [0.717, 1.165) is 47.8 Å². The molecule has 1 fully saturated rings. The molecule has 1 N–H and O–H groups in total. The normalized spacial score (nSPS) is 15.0. The molecule has 0 aromatic heterocycles. The number of piperidine rings is 1. The molecule has 124 valence electrons. The van der Waals surface area contributed by atoms with Gasteiger partial charge in [-0.1, -0.05) is 46.3 Å². The highest BCUT2D eigenvalue weighted by atomic mass is 79.9. The van der Waals surface area contributed by atoms with Crippen LogP contribution in [0.5, 0.6) is 5.75 Å². The monoisotopic (exact) mass is 395 g/mol. The summed E-state index contributed by atoms with van der Waals surface area (Å²) in [6.45, 7) is 3.10. The Bertz CT molecular complexity index is 600. The second-order valence-corrected chi connectivity index (χ2v) is 6.75. The predicted octanol–water partition coefficient (Wildman–Crippen LogP) is 5.31. The van der Waals surface area contributed by atoms with Gasteiger partial charge in [0.15, 0.2) is 0 Å². The molecule has 0 radical (unpaired) electrons. The number of rotatable bonds is 5. The van der Waals surface area contributed by atoms with Gasteiger partial charge in [-0.05, 0) is 62.0 Å². The van der Waals surface area contributed by atoms with Crippen molar-refractivity contribution in [1.29, 1.82) is 0 Å². The van der Waals surface area contributed by atoms with Crippen molar-refractivity contribution in [3.05, 3.63) is 53.0 Å². The summed E-state index contributed by atoms with van der Waals surface area (Å²) in [5.74, 6) is 1.78. The van der Waals surface area contributed by atoms with Crippen LogP contribution in [0.2, 0.25) is 0 Å². The van der Waals surface area contributed by atoms with Crippen LogP contribution >= 0.6 is 28.3 Å². The van der Waals surface area contributed by atoms with Gasteiger partial charge in [0.1, 0.15) is 5.75 Å². The lowest BCUT2D eigenvalue weighted by Gasteiger charge is -2.22. The van der Waals surface area contributed by atoms with Crippen molar-refractivity contribution in [2.45, 2.75) is 19.3 Å². The van der Waals surface area contributed by atoms with Gasteiger partial charge in [0.05, 0.1) is 6.61 Å². The quantitative estimate of drug-likeness (QED) is 0.740. The predicted molar refractivity (Wildman–Crippen MR) is 103 cm³/mol. The maximum Gasteiger partial charge on any atom is 0.127 e. The van der Waals surface area contributed by atoms with Crippen LogP contribution in [0.25, 0.3) is 11.1 Å². The van der Waals surface area contributed by atoms with Crippen molar-refractivity contribution in [2.75, 3.05) is 19.7 Å². The molecular weight excluding hydrogens is 374 g/mol. The third-order valence-electron chi connectivity index (χ3n) is 4.27. The lowest BCUT2D eigenvalue weighted by Crippen LogP contribution is -2.28. The molecule has 0 amide bonds. The minimum absolute atomic E-state index is 0. The van der Waals surface area contributed by atoms with Crippen molar-refractivity contribution in [1.82, 2.24) is 5.32 Å². The van der Waals surface area contributed by atoms with E-state index >= 15 is 0 Å². The Balaban J connectivity index is 0.00000192. The Morgan fingerprint density at radius 1 is 1.04 bits per heavy atom. The second-order valence-electron chi connectivity index (χ2n) is 5.84. The van der Waals surface area contributed by atoms with E-state index in [2.05, 4.69) is 57.6 Å². The van der Waals surface area contributed by atoms with Crippen LogP contribution in [-0.2, 0) is 0 Å². The zero-order valence-electron chi connectivity index (χ0n) is 13.1. The van der Waals surface area contributed by atoms with E-state index in [1.54, 1.807) is 0 Å². The standard InChI is InChI=1S/C19H22BrNO.ClH/c20-17-6-7-19(18(14-17)16-4-2-1-3-5-16)22-13-10-15-8-11-21-12-9-15;/h1-7,14-15,21H,8-13H2;1H. The van der Waals surface area contributed by atoms with Crippen molar-refractivity contribution in [3.8, 4) is 16.9 Å². The number of halogens is 2. The average molecular weight is 397 g/mol. The summed E-state index contributed by atoms with van der Waals surface area (Å²) >= 11 is 3.56. The van der Waals surface area contributed by atoms with Crippen LogP contribution in [0.4, 0.5) is 0 Å². The smallest absolute Gasteiger partial charge is 0.127 e. The van der Waals surface area contributed by atoms with Crippen LogP contribution in [0, 0.1) is 5.92 Å². The highest BCUT2D eigenvalue weighted by Crippen LogP contribution is 2.33. The van der Waals surface area contributed by atoms with Crippen LogP contribution in [0.1, 0.15) is 19.3 Å². The minimum atomic E-state index is 0. The number of nitrogens with one attached hydrogen (secondary N) is 1. The molecule has 1 aliphatic rings. The van der Waals surface area contributed by atoms with E-state index in [9.17, 15) is 0 Å².